The number of rotatable bonds is 1. The van der Waals surface area contributed by atoms with Gasteiger partial charge in [0, 0.05) is 24.2 Å². The summed E-state index contributed by atoms with van der Waals surface area (Å²) in [5.41, 5.74) is 6.16. The SMILES string of the molecule is CC1C(N)CCN1C(=O)c1ccc(Cl)c(F)c1. The van der Waals surface area contributed by atoms with Crippen molar-refractivity contribution in [2.45, 2.75) is 25.4 Å². The molecule has 1 aliphatic heterocycles. The Labute approximate surface area is 104 Å². The van der Waals surface area contributed by atoms with Crippen LogP contribution in [0, 0.1) is 5.82 Å². The van der Waals surface area contributed by atoms with Crippen LogP contribution in [0.15, 0.2) is 18.2 Å². The molecule has 0 aromatic heterocycles. The summed E-state index contributed by atoms with van der Waals surface area (Å²) < 4.78 is 13.3. The second-order valence-corrected chi connectivity index (χ2v) is 4.73. The summed E-state index contributed by atoms with van der Waals surface area (Å²) in [6.07, 6.45) is 0.781. The largest absolute Gasteiger partial charge is 0.334 e. The molecule has 0 spiro atoms. The van der Waals surface area contributed by atoms with E-state index in [0.29, 0.717) is 12.1 Å². The molecule has 2 rings (SSSR count). The Bertz CT molecular complexity index is 452. The smallest absolute Gasteiger partial charge is 0.254 e. The van der Waals surface area contributed by atoms with Crippen molar-refractivity contribution in [3.8, 4) is 0 Å². The van der Waals surface area contributed by atoms with Gasteiger partial charge in [0.15, 0.2) is 0 Å². The molecule has 0 radical (unpaired) electrons. The molecule has 92 valence electrons. The number of nitrogens with zero attached hydrogens (tertiary/aromatic N) is 1. The zero-order valence-corrected chi connectivity index (χ0v) is 10.2. The van der Waals surface area contributed by atoms with E-state index in [1.807, 2.05) is 6.92 Å². The molecule has 1 fully saturated rings. The molecule has 1 saturated heterocycles. The average molecular weight is 257 g/mol. The minimum atomic E-state index is -0.575. The van der Waals surface area contributed by atoms with Gasteiger partial charge in [-0.2, -0.15) is 0 Å². The van der Waals surface area contributed by atoms with Crippen molar-refractivity contribution in [2.24, 2.45) is 5.73 Å². The Hall–Kier alpha value is -1.13. The molecule has 5 heteroatoms. The molecule has 1 aromatic rings. The first-order chi connectivity index (χ1) is 8.00. The lowest BCUT2D eigenvalue weighted by atomic mass is 10.1. The fourth-order valence-electron chi connectivity index (χ4n) is 2.05. The Morgan fingerprint density at radius 3 is 2.82 bits per heavy atom. The van der Waals surface area contributed by atoms with E-state index in [0.717, 1.165) is 6.42 Å². The van der Waals surface area contributed by atoms with Crippen LogP contribution >= 0.6 is 11.6 Å². The topological polar surface area (TPSA) is 46.3 Å². The van der Waals surface area contributed by atoms with Gasteiger partial charge >= 0.3 is 0 Å². The van der Waals surface area contributed by atoms with Crippen molar-refractivity contribution in [3.05, 3.63) is 34.6 Å². The summed E-state index contributed by atoms with van der Waals surface area (Å²) in [6, 6.07) is 4.08. The second-order valence-electron chi connectivity index (χ2n) is 4.32. The number of carbonyl (C=O) groups excluding carboxylic acids is 1. The fraction of sp³-hybridized carbons (Fsp3) is 0.417. The summed E-state index contributed by atoms with van der Waals surface area (Å²) in [4.78, 5) is 13.8. The summed E-state index contributed by atoms with van der Waals surface area (Å²) in [7, 11) is 0. The molecule has 1 aromatic carbocycles. The Morgan fingerprint density at radius 1 is 1.59 bits per heavy atom. The van der Waals surface area contributed by atoms with Crippen molar-refractivity contribution < 1.29 is 9.18 Å². The van der Waals surface area contributed by atoms with E-state index < -0.39 is 5.82 Å². The third-order valence-corrected chi connectivity index (χ3v) is 3.55. The molecule has 0 aliphatic carbocycles. The zero-order valence-electron chi connectivity index (χ0n) is 9.49. The molecule has 2 N–H and O–H groups in total. The van der Waals surface area contributed by atoms with E-state index in [-0.39, 0.29) is 23.0 Å². The predicted octanol–water partition coefficient (Wildman–Crippen LogP) is 2.04. The fourth-order valence-corrected chi connectivity index (χ4v) is 2.16. The number of amides is 1. The number of hydrogen-bond acceptors (Lipinski definition) is 2. The molecule has 1 amide bonds. The Balaban J connectivity index is 2.22. The van der Waals surface area contributed by atoms with E-state index in [2.05, 4.69) is 0 Å². The quantitative estimate of drug-likeness (QED) is 0.836. The van der Waals surface area contributed by atoms with Crippen LogP contribution in [-0.2, 0) is 0 Å². The maximum absolute atomic E-state index is 13.3. The van der Waals surface area contributed by atoms with E-state index in [1.54, 1.807) is 4.90 Å². The van der Waals surface area contributed by atoms with Gasteiger partial charge < -0.3 is 10.6 Å². The maximum Gasteiger partial charge on any atom is 0.254 e. The van der Waals surface area contributed by atoms with Crippen molar-refractivity contribution in [1.82, 2.24) is 4.90 Å². The van der Waals surface area contributed by atoms with Crippen LogP contribution in [-0.4, -0.2) is 29.4 Å². The predicted molar refractivity (Wildman–Crippen MR) is 64.5 cm³/mol. The molecular weight excluding hydrogens is 243 g/mol. The van der Waals surface area contributed by atoms with Crippen molar-refractivity contribution >= 4 is 17.5 Å². The number of hydrogen-bond donors (Lipinski definition) is 1. The number of likely N-dealkylation sites (tertiary alicyclic amines) is 1. The highest BCUT2D eigenvalue weighted by molar-refractivity contribution is 6.30. The summed E-state index contributed by atoms with van der Waals surface area (Å²) in [5, 5.41) is 0.0210. The van der Waals surface area contributed by atoms with Gasteiger partial charge in [0.2, 0.25) is 0 Å². The molecule has 3 nitrogen and oxygen atoms in total. The molecule has 0 saturated carbocycles. The second kappa shape index (κ2) is 4.63. The summed E-state index contributed by atoms with van der Waals surface area (Å²) >= 11 is 5.58. The van der Waals surface area contributed by atoms with Gasteiger partial charge in [-0.3, -0.25) is 4.79 Å². The van der Waals surface area contributed by atoms with Crippen molar-refractivity contribution in [2.75, 3.05) is 6.54 Å². The summed E-state index contributed by atoms with van der Waals surface area (Å²) in [5.74, 6) is -0.769. The van der Waals surface area contributed by atoms with Crippen LogP contribution < -0.4 is 5.73 Å². The molecular formula is C12H14ClFN2O. The number of nitrogens with two attached hydrogens (primary N) is 1. The van der Waals surface area contributed by atoms with E-state index in [4.69, 9.17) is 17.3 Å². The minimum Gasteiger partial charge on any atom is -0.334 e. The highest BCUT2D eigenvalue weighted by atomic mass is 35.5. The van der Waals surface area contributed by atoms with Crippen LogP contribution in [0.4, 0.5) is 4.39 Å². The van der Waals surface area contributed by atoms with Gasteiger partial charge in [0.25, 0.3) is 5.91 Å². The third-order valence-electron chi connectivity index (χ3n) is 3.24. The Kier molecular flexibility index (Phi) is 3.35. The molecule has 17 heavy (non-hydrogen) atoms. The van der Waals surface area contributed by atoms with Gasteiger partial charge in [0.05, 0.1) is 5.02 Å². The molecule has 2 atom stereocenters. The lowest BCUT2D eigenvalue weighted by Crippen LogP contribution is -2.40. The standard InChI is InChI=1S/C12H14ClFN2O/c1-7-11(15)4-5-16(7)12(17)8-2-3-9(13)10(14)6-8/h2-3,6-7,11H,4-5,15H2,1H3. The van der Waals surface area contributed by atoms with Gasteiger partial charge in [-0.1, -0.05) is 11.6 Å². The third kappa shape index (κ3) is 2.28. The van der Waals surface area contributed by atoms with Crippen LogP contribution in [0.2, 0.25) is 5.02 Å². The van der Waals surface area contributed by atoms with Crippen LogP contribution in [0.25, 0.3) is 0 Å². The first-order valence-electron chi connectivity index (χ1n) is 5.52. The van der Waals surface area contributed by atoms with E-state index >= 15 is 0 Å². The minimum absolute atomic E-state index is 0.00361. The van der Waals surface area contributed by atoms with Crippen LogP contribution in [0.1, 0.15) is 23.7 Å². The molecule has 2 unspecified atom stereocenters. The van der Waals surface area contributed by atoms with Crippen LogP contribution in [0.5, 0.6) is 0 Å². The van der Waals surface area contributed by atoms with Gasteiger partial charge in [-0.15, -0.1) is 0 Å². The lowest BCUT2D eigenvalue weighted by Gasteiger charge is -2.23. The normalized spacial score (nSPS) is 24.1. The van der Waals surface area contributed by atoms with Gasteiger partial charge in [-0.05, 0) is 31.5 Å². The van der Waals surface area contributed by atoms with Gasteiger partial charge in [-0.25, -0.2) is 4.39 Å². The monoisotopic (exact) mass is 256 g/mol. The zero-order chi connectivity index (χ0) is 12.6. The average Bonchev–Trinajstić information content (AvgIpc) is 2.63. The summed E-state index contributed by atoms with van der Waals surface area (Å²) in [6.45, 7) is 2.52. The number of benzene rings is 1. The van der Waals surface area contributed by atoms with Gasteiger partial charge in [0.1, 0.15) is 5.82 Å². The van der Waals surface area contributed by atoms with Crippen molar-refractivity contribution in [3.63, 3.8) is 0 Å². The van der Waals surface area contributed by atoms with Crippen molar-refractivity contribution in [1.29, 1.82) is 0 Å². The Morgan fingerprint density at radius 2 is 2.29 bits per heavy atom. The highest BCUT2D eigenvalue weighted by Crippen LogP contribution is 2.21. The maximum atomic E-state index is 13.3. The number of carbonyl (C=O) groups is 1. The number of halogens is 2. The first-order valence-corrected chi connectivity index (χ1v) is 5.90. The van der Waals surface area contributed by atoms with Crippen LogP contribution in [0.3, 0.4) is 0 Å². The molecule has 0 bridgehead atoms. The highest BCUT2D eigenvalue weighted by Gasteiger charge is 2.32. The van der Waals surface area contributed by atoms with E-state index in [9.17, 15) is 9.18 Å². The first kappa shape index (κ1) is 12.3. The molecule has 1 aliphatic rings. The molecule has 1 heterocycles. The van der Waals surface area contributed by atoms with E-state index in [1.165, 1.54) is 18.2 Å². The lowest BCUT2D eigenvalue weighted by molar-refractivity contribution is 0.0742.